The molecule has 2 N–H and O–H groups in total. The largest absolute Gasteiger partial charge is 0.489 e. The number of halogens is 2. The summed E-state index contributed by atoms with van der Waals surface area (Å²) in [7, 11) is 0. The van der Waals surface area contributed by atoms with Gasteiger partial charge in [0.05, 0.1) is 17.8 Å². The molecule has 1 aromatic heterocycles. The van der Waals surface area contributed by atoms with Crippen molar-refractivity contribution >= 4 is 61.7 Å². The Morgan fingerprint density at radius 1 is 1.17 bits per heavy atom. The number of carbonyl (C=O) groups is 1. The van der Waals surface area contributed by atoms with Gasteiger partial charge in [0.1, 0.15) is 18.1 Å². The van der Waals surface area contributed by atoms with Gasteiger partial charge in [-0.2, -0.15) is 5.10 Å². The maximum absolute atomic E-state index is 12.3. The second-order valence-electron chi connectivity index (χ2n) is 6.40. The summed E-state index contributed by atoms with van der Waals surface area (Å²) in [6.45, 7) is 0.508. The molecule has 0 radical (unpaired) electrons. The van der Waals surface area contributed by atoms with Crippen molar-refractivity contribution in [3.63, 3.8) is 0 Å². The summed E-state index contributed by atoms with van der Waals surface area (Å²) in [6.07, 6.45) is 0. The highest BCUT2D eigenvalue weighted by atomic mass is 79.9. The molecule has 152 valence electrons. The van der Waals surface area contributed by atoms with E-state index in [-0.39, 0.29) is 12.5 Å². The van der Waals surface area contributed by atoms with Crippen LogP contribution in [-0.2, 0) is 9.53 Å². The van der Waals surface area contributed by atoms with E-state index in [4.69, 9.17) is 16.3 Å². The van der Waals surface area contributed by atoms with Crippen LogP contribution in [0.1, 0.15) is 10.4 Å². The van der Waals surface area contributed by atoms with Crippen molar-refractivity contribution in [3.8, 4) is 0 Å². The summed E-state index contributed by atoms with van der Waals surface area (Å²) in [5, 5.41) is 9.88. The van der Waals surface area contributed by atoms with Gasteiger partial charge >= 0.3 is 0 Å². The van der Waals surface area contributed by atoms with E-state index in [1.54, 1.807) is 0 Å². The minimum absolute atomic E-state index is 0.128. The van der Waals surface area contributed by atoms with Crippen LogP contribution in [0, 0.1) is 0 Å². The zero-order valence-electron chi connectivity index (χ0n) is 15.7. The quantitative estimate of drug-likeness (QED) is 0.329. The predicted octanol–water partition coefficient (Wildman–Crippen LogP) is 5.54. The normalized spacial score (nSPS) is 14.1. The Labute approximate surface area is 191 Å². The van der Waals surface area contributed by atoms with Crippen molar-refractivity contribution < 1.29 is 9.53 Å². The van der Waals surface area contributed by atoms with Crippen molar-refractivity contribution in [2.45, 2.75) is 0 Å². The first-order valence-electron chi connectivity index (χ1n) is 9.13. The Kier molecular flexibility index (Phi) is 6.52. The fourth-order valence-corrected chi connectivity index (χ4v) is 4.23. The van der Waals surface area contributed by atoms with Gasteiger partial charge in [0.25, 0.3) is 5.91 Å². The molecular weight excluding hydrogens is 486 g/mol. The first-order valence-corrected chi connectivity index (χ1v) is 11.2. The molecule has 8 heteroatoms. The molecule has 0 unspecified atom stereocenters. The third kappa shape index (κ3) is 4.75. The van der Waals surface area contributed by atoms with E-state index in [1.165, 1.54) is 11.3 Å². The highest BCUT2D eigenvalue weighted by molar-refractivity contribution is 9.10. The van der Waals surface area contributed by atoms with E-state index < -0.39 is 0 Å². The number of benzene rings is 2. The van der Waals surface area contributed by atoms with Gasteiger partial charge in [-0.1, -0.05) is 51.8 Å². The topological polar surface area (TPSA) is 62.7 Å². The maximum Gasteiger partial charge on any atom is 0.256 e. The minimum atomic E-state index is -0.128. The van der Waals surface area contributed by atoms with Gasteiger partial charge in [0.15, 0.2) is 0 Å². The fraction of sp³-hybridized carbons (Fsp3) is 0.0909. The molecule has 5 nitrogen and oxygen atoms in total. The average molecular weight is 503 g/mol. The molecule has 0 saturated carbocycles. The zero-order valence-corrected chi connectivity index (χ0v) is 18.9. The minimum Gasteiger partial charge on any atom is -0.489 e. The van der Waals surface area contributed by atoms with Gasteiger partial charge in [0, 0.05) is 19.9 Å². The molecule has 1 amide bonds. The van der Waals surface area contributed by atoms with Gasteiger partial charge in [-0.3, -0.25) is 10.2 Å². The van der Waals surface area contributed by atoms with Crippen molar-refractivity contribution in [3.05, 3.63) is 91.7 Å². The Bertz CT molecular complexity index is 1110. The van der Waals surface area contributed by atoms with E-state index in [2.05, 4.69) is 31.8 Å². The molecule has 0 atom stereocenters. The lowest BCUT2D eigenvalue weighted by Gasteiger charge is -2.12. The average Bonchev–Trinajstić information content (AvgIpc) is 3.39. The number of carbonyl (C=O) groups excluding carboxylic acids is 1. The highest BCUT2D eigenvalue weighted by Crippen LogP contribution is 2.28. The molecule has 4 rings (SSSR count). The molecular formula is C22H17BrClN3O2S. The van der Waals surface area contributed by atoms with Crippen LogP contribution >= 0.6 is 38.9 Å². The number of ether oxygens (including phenoxy) is 1. The predicted molar refractivity (Wildman–Crippen MR) is 126 cm³/mol. The molecule has 0 fully saturated rings. The number of anilines is 1. The first kappa shape index (κ1) is 20.7. The molecule has 30 heavy (non-hydrogen) atoms. The van der Waals surface area contributed by atoms with E-state index in [0.29, 0.717) is 28.6 Å². The van der Waals surface area contributed by atoms with Crippen LogP contribution in [0.15, 0.2) is 81.4 Å². The zero-order chi connectivity index (χ0) is 20.9. The number of hydrogen-bond donors (Lipinski definition) is 2. The number of hydrazone groups is 1. The van der Waals surface area contributed by atoms with Crippen LogP contribution < -0.4 is 10.7 Å². The Morgan fingerprint density at radius 2 is 1.97 bits per heavy atom. The molecule has 0 spiro atoms. The first-order chi connectivity index (χ1) is 14.6. The Balaban J connectivity index is 1.60. The second-order valence-corrected chi connectivity index (χ2v) is 8.67. The summed E-state index contributed by atoms with van der Waals surface area (Å²) in [4.78, 5) is 13.2. The van der Waals surface area contributed by atoms with Crippen LogP contribution in [0.2, 0.25) is 5.02 Å². The molecule has 3 aromatic rings. The van der Waals surface area contributed by atoms with E-state index in [9.17, 15) is 4.79 Å². The molecule has 2 aromatic carbocycles. The molecule has 0 aliphatic carbocycles. The molecule has 1 aliphatic heterocycles. The van der Waals surface area contributed by atoms with Gasteiger partial charge < -0.3 is 10.1 Å². The second kappa shape index (κ2) is 9.47. The summed E-state index contributed by atoms with van der Waals surface area (Å²) in [5.41, 5.74) is 5.85. The molecule has 0 saturated heterocycles. The summed E-state index contributed by atoms with van der Waals surface area (Å²) >= 11 is 11.3. The lowest BCUT2D eigenvalue weighted by Crippen LogP contribution is -2.18. The van der Waals surface area contributed by atoms with Gasteiger partial charge in [-0.25, -0.2) is 0 Å². The van der Waals surface area contributed by atoms with E-state index in [0.717, 1.165) is 20.6 Å². The Morgan fingerprint density at radius 3 is 2.70 bits per heavy atom. The van der Waals surface area contributed by atoms with Crippen LogP contribution in [0.5, 0.6) is 0 Å². The van der Waals surface area contributed by atoms with Crippen molar-refractivity contribution in [2.24, 2.45) is 5.10 Å². The maximum atomic E-state index is 12.3. The number of rotatable bonds is 7. The molecule has 1 aliphatic rings. The van der Waals surface area contributed by atoms with Gasteiger partial charge in [-0.15, -0.1) is 11.3 Å². The monoisotopic (exact) mass is 501 g/mol. The lowest BCUT2D eigenvalue weighted by molar-refractivity contribution is -0.114. The highest BCUT2D eigenvalue weighted by Gasteiger charge is 2.26. The summed E-state index contributed by atoms with van der Waals surface area (Å²) in [5.74, 6) is 0.475. The lowest BCUT2D eigenvalue weighted by atomic mass is 10.1. The van der Waals surface area contributed by atoms with Crippen LogP contribution in [-0.4, -0.2) is 24.8 Å². The standard InChI is InChI=1S/C22H17BrClN3O2S/c23-14-7-9-15(10-8-14)26-27-18(16-4-1-2-5-17(16)24)13-29-19-12-25-22(28)21(19)20-6-3-11-30-20/h1-11,26H,12-13H2,(H,25,28). The summed E-state index contributed by atoms with van der Waals surface area (Å²) < 4.78 is 7.04. The number of nitrogens with one attached hydrogen (secondary N) is 2. The SMILES string of the molecule is O=C1NCC(OCC(=NNc2ccc(Br)cc2)c2ccccc2Cl)=C1c1cccs1. The van der Waals surface area contributed by atoms with Gasteiger partial charge in [0.2, 0.25) is 0 Å². The summed E-state index contributed by atoms with van der Waals surface area (Å²) in [6, 6.07) is 19.0. The van der Waals surface area contributed by atoms with Crippen LogP contribution in [0.4, 0.5) is 5.69 Å². The number of amides is 1. The van der Waals surface area contributed by atoms with Gasteiger partial charge in [-0.05, 0) is 41.8 Å². The smallest absolute Gasteiger partial charge is 0.256 e. The number of nitrogens with zero attached hydrogens (tertiary/aromatic N) is 1. The van der Waals surface area contributed by atoms with Crippen molar-refractivity contribution in [1.82, 2.24) is 5.32 Å². The molecule has 0 bridgehead atoms. The van der Waals surface area contributed by atoms with E-state index >= 15 is 0 Å². The van der Waals surface area contributed by atoms with Crippen molar-refractivity contribution in [2.75, 3.05) is 18.6 Å². The third-order valence-electron chi connectivity index (χ3n) is 4.42. The number of hydrogen-bond acceptors (Lipinski definition) is 5. The Hall–Kier alpha value is -2.61. The van der Waals surface area contributed by atoms with Crippen molar-refractivity contribution in [1.29, 1.82) is 0 Å². The van der Waals surface area contributed by atoms with Crippen LogP contribution in [0.3, 0.4) is 0 Å². The molecule has 2 heterocycles. The number of thiophene rings is 1. The third-order valence-corrected chi connectivity index (χ3v) is 6.16. The fourth-order valence-electron chi connectivity index (χ4n) is 2.93. The van der Waals surface area contributed by atoms with E-state index in [1.807, 2.05) is 66.0 Å². The van der Waals surface area contributed by atoms with Crippen LogP contribution in [0.25, 0.3) is 5.57 Å².